The molecule has 6 aliphatic rings. The first-order valence-electron chi connectivity index (χ1n) is 45.4. The number of aliphatic hydroxyl groups is 20. The number of carbonyl (C=O) groups is 4. The second-order valence-electron chi connectivity index (χ2n) is 35.5. The van der Waals surface area contributed by atoms with E-state index in [1.165, 1.54) is 20.3 Å². The van der Waals surface area contributed by atoms with Crippen molar-refractivity contribution in [2.75, 3.05) is 0 Å². The van der Waals surface area contributed by atoms with E-state index in [1.54, 1.807) is 127 Å². The third-order valence-electron chi connectivity index (χ3n) is 23.8. The second-order valence-corrected chi connectivity index (χ2v) is 35.5. The van der Waals surface area contributed by atoms with Gasteiger partial charge in [0.15, 0.2) is 24.2 Å². The summed E-state index contributed by atoms with van der Waals surface area (Å²) >= 11 is 0. The number of amides is 2. The molecule has 37 unspecified atom stereocenters. The molecule has 37 atom stereocenters. The van der Waals surface area contributed by atoms with E-state index in [1.807, 2.05) is 98.9 Å². The number of fused-ring (bicyclic) bond motifs is 4. The Morgan fingerprint density at radius 2 is 0.697 bits per heavy atom. The molecule has 0 aromatic carbocycles. The molecule has 6 rings (SSSR count). The summed E-state index contributed by atoms with van der Waals surface area (Å²) in [5.74, 6) is -8.28. The first-order chi connectivity index (χ1) is 61.8. The summed E-state index contributed by atoms with van der Waals surface area (Å²) in [5, 5.41) is 222. The maximum atomic E-state index is 12.6. The molecule has 2 amide bonds. The van der Waals surface area contributed by atoms with Gasteiger partial charge in [0.05, 0.1) is 159 Å². The van der Waals surface area contributed by atoms with E-state index >= 15 is 0 Å². The predicted molar refractivity (Wildman–Crippen MR) is 483 cm³/mol. The first kappa shape index (κ1) is 119. The van der Waals surface area contributed by atoms with Crippen LogP contribution in [0, 0.1) is 30.1 Å². The maximum Gasteiger partial charge on any atom is 0.308 e. The Hall–Kier alpha value is -5.74. The van der Waals surface area contributed by atoms with Crippen LogP contribution >= 0.6 is 0 Å². The summed E-state index contributed by atoms with van der Waals surface area (Å²) in [6.07, 6.45) is 13.0. The van der Waals surface area contributed by atoms with Crippen molar-refractivity contribution >= 4 is 23.8 Å². The Labute approximate surface area is 800 Å². The average Bonchev–Trinajstić information content (AvgIpc) is 0.790. The number of cyclic esters (lactones) is 2. The van der Waals surface area contributed by atoms with E-state index in [2.05, 4.69) is 10.6 Å². The summed E-state index contributed by atoms with van der Waals surface area (Å²) in [5.41, 5.74) is 6.06. The van der Waals surface area contributed by atoms with Crippen LogP contribution in [-0.4, -0.2) is 327 Å². The zero-order valence-electron chi connectivity index (χ0n) is 77.3. The predicted octanol–water partition coefficient (Wildman–Crippen LogP) is 1.91. The second kappa shape index (κ2) is 60.9. The van der Waals surface area contributed by atoms with Crippen LogP contribution in [0.5, 0.6) is 0 Å². The zero-order chi connectivity index (χ0) is 97.4. The van der Waals surface area contributed by atoms with Gasteiger partial charge in [-0.1, -0.05) is 198 Å². The summed E-state index contributed by atoms with van der Waals surface area (Å²) in [6.45, 7) is 16.1. The molecule has 745 valence electrons. The van der Waals surface area contributed by atoms with Crippen LogP contribution in [0.15, 0.2) is 170 Å². The number of carbonyl (C=O) groups excluding carboxylic acids is 4. The molecule has 36 heteroatoms. The van der Waals surface area contributed by atoms with Gasteiger partial charge in [0.2, 0.25) is 11.8 Å². The van der Waals surface area contributed by atoms with Crippen molar-refractivity contribution in [3.05, 3.63) is 177 Å². The quantitative estimate of drug-likeness (QED) is 0.133. The standard InChI is InChI=1S/C48H76N2O16.C48H74NO16.Y/c1-28-18-16-14-12-10-8-6-7-9-11-13-15-17-19-36(65-47-46(61)42(49)45(60)31(4)64-47)25-40-43(50-32(5)51)39(57)27-48(62,66-40)26-35(54)23-38(56)37(55)21-20-33(52)22-34(53)24-41(58)63-30(3)29(2)44(28)59;1-29-18-16-14-12-10-8-6-7-9-11-13-15-17-19-37(64-47-41(57)26-39(55)32(4)63-47)25-43-45(49-33(5)50)42(58)28-48(61,65-43)27-36(53)23-40(56)38(54)21-20-34(51)22-35(52)24-44(59)62-31(3)30(2)46(29)60;/h6-19,28-31,33-40,42-47,52-57,59-62H,20-27,49H2,1-5H3,(H,50,51);6-19,26,29-32,34-43,45-47,51-58,60-61H,20-25,27-28H2,1-5H3,(H,49,50);/q;-1;/b2*7-6+,10-8+,11-9+,14-12+,15-13+,18-16+,19-17+;. The van der Waals surface area contributed by atoms with Gasteiger partial charge in [0.1, 0.15) is 18.3 Å². The number of nitrogens with one attached hydrogen (secondary N) is 2. The number of esters is 2. The van der Waals surface area contributed by atoms with Crippen LogP contribution in [0.25, 0.3) is 0 Å². The zero-order valence-corrected chi connectivity index (χ0v) is 80.1. The normalized spacial score (nSPS) is 44.3. The van der Waals surface area contributed by atoms with Crippen LogP contribution in [0.3, 0.4) is 0 Å². The molecule has 4 bridgehead atoms. The van der Waals surface area contributed by atoms with E-state index in [0.717, 1.165) is 0 Å². The van der Waals surface area contributed by atoms with E-state index in [-0.39, 0.29) is 95.9 Å². The van der Waals surface area contributed by atoms with E-state index < -0.39 is 288 Å². The molecule has 0 aromatic heterocycles. The number of nitrogens with two attached hydrogens (primary N) is 1. The van der Waals surface area contributed by atoms with Gasteiger partial charge in [-0.05, 0) is 78.4 Å². The molecule has 6 heterocycles. The SMILES string of the molecule is CC(=O)NC1C(O)CC2(O)CC(O)CC(O)C(O)CCC(O)CC(O)CC(=O)OC(C)C(C)C(O)C(C)/C=C/C=C/C=C/C=C/C=C/C=C/C=C/C(OC3OC(C)C(O)C(N)C3O)CC1O2.CC(=O)NC1C(O)CC2(O)CC(O)CC(O)C(O)CCC(O)CC(O)CC(=O)OC(C)C(C)C(O)C(C)/C=C/C=C/C=C/C=C/C=C/C=C/C=C/C(OC3OC(C)C(O)[CH-]C3O)CC1O2.[Y]. The van der Waals surface area contributed by atoms with Crippen molar-refractivity contribution in [2.24, 2.45) is 29.4 Å². The molecule has 132 heavy (non-hydrogen) atoms. The molecule has 4 fully saturated rings. The van der Waals surface area contributed by atoms with Gasteiger partial charge in [0, 0.05) is 122 Å². The van der Waals surface area contributed by atoms with Crippen molar-refractivity contribution in [1.29, 1.82) is 0 Å². The number of hydrogen-bond acceptors (Lipinski definition) is 33. The van der Waals surface area contributed by atoms with Gasteiger partial charge < -0.3 is 156 Å². The third-order valence-corrected chi connectivity index (χ3v) is 23.8. The number of hydrogen-bond donors (Lipinski definition) is 23. The van der Waals surface area contributed by atoms with Gasteiger partial charge in [0.25, 0.3) is 0 Å². The molecule has 24 N–H and O–H groups in total. The molecule has 4 saturated heterocycles. The summed E-state index contributed by atoms with van der Waals surface area (Å²) in [7, 11) is 0. The van der Waals surface area contributed by atoms with E-state index in [9.17, 15) is 121 Å². The minimum absolute atomic E-state index is 0. The van der Waals surface area contributed by atoms with Crippen molar-refractivity contribution < 1.29 is 192 Å². The Balaban J connectivity index is 0.000000548. The van der Waals surface area contributed by atoms with Crippen LogP contribution in [-0.2, 0) is 89.8 Å². The smallest absolute Gasteiger partial charge is 0.308 e. The maximum absolute atomic E-state index is 12.6. The Morgan fingerprint density at radius 1 is 0.371 bits per heavy atom. The summed E-state index contributed by atoms with van der Waals surface area (Å²) in [6, 6.07) is -3.25. The first-order valence-corrected chi connectivity index (χ1v) is 45.4. The number of allylic oxidation sites excluding steroid dienone is 24. The number of aliphatic hydroxyl groups excluding tert-OH is 18. The molecule has 0 aromatic rings. The fourth-order valence-electron chi connectivity index (χ4n) is 15.9. The van der Waals surface area contributed by atoms with E-state index in [4.69, 9.17) is 43.6 Å². The minimum atomic E-state index is -2.21. The molecule has 0 aliphatic carbocycles. The topological polar surface area (TPSA) is 597 Å². The molecular formula is C96H150N3O32Y-. The fraction of sp³-hybridized carbons (Fsp3) is 0.656. The van der Waals surface area contributed by atoms with Crippen molar-refractivity contribution in [2.45, 2.75) is 373 Å². The largest absolute Gasteiger partial charge is 0.462 e. The minimum Gasteiger partial charge on any atom is -0.462 e. The Bertz CT molecular complexity index is 3820. The molecule has 6 aliphatic heterocycles. The van der Waals surface area contributed by atoms with Crippen LogP contribution in [0.4, 0.5) is 0 Å². The van der Waals surface area contributed by atoms with Gasteiger partial charge >= 0.3 is 11.9 Å². The van der Waals surface area contributed by atoms with Crippen LogP contribution < -0.4 is 16.4 Å². The third kappa shape index (κ3) is 43.5. The van der Waals surface area contributed by atoms with Crippen molar-refractivity contribution in [3.8, 4) is 0 Å². The molecule has 0 saturated carbocycles. The van der Waals surface area contributed by atoms with Crippen molar-refractivity contribution in [3.63, 3.8) is 0 Å². The van der Waals surface area contributed by atoms with Crippen molar-refractivity contribution in [1.82, 2.24) is 10.6 Å². The molecule has 0 spiro atoms. The van der Waals surface area contributed by atoms with Gasteiger partial charge in [-0.2, -0.15) is 0 Å². The summed E-state index contributed by atoms with van der Waals surface area (Å²) in [4.78, 5) is 49.8. The van der Waals surface area contributed by atoms with Gasteiger partial charge in [-0.25, -0.2) is 0 Å². The number of ether oxygens (including phenoxy) is 8. The Kier molecular flexibility index (Phi) is 54.7. The fourth-order valence-corrected chi connectivity index (χ4v) is 15.9. The summed E-state index contributed by atoms with van der Waals surface area (Å²) < 4.78 is 47.0. The van der Waals surface area contributed by atoms with Gasteiger partial charge in [-0.15, -0.1) is 0 Å². The van der Waals surface area contributed by atoms with E-state index in [0.29, 0.717) is 0 Å². The van der Waals surface area contributed by atoms with Crippen LogP contribution in [0.2, 0.25) is 0 Å². The molecule has 1 radical (unpaired) electrons. The molecular weight excluding hydrogens is 1800 g/mol. The Morgan fingerprint density at radius 3 is 1.05 bits per heavy atom. The average molecular weight is 1950 g/mol. The monoisotopic (exact) mass is 1950 g/mol. The number of rotatable bonds is 6. The molecule has 35 nitrogen and oxygen atoms in total. The van der Waals surface area contributed by atoms with Gasteiger partial charge in [-0.3, -0.25) is 25.6 Å². The van der Waals surface area contributed by atoms with Crippen LogP contribution in [0.1, 0.15) is 172 Å².